The zero-order chi connectivity index (χ0) is 23.4. The number of carbonyl (C=O) groups is 2. The van der Waals surface area contributed by atoms with Crippen LogP contribution in [0, 0.1) is 5.92 Å². The molecule has 8 heteroatoms. The molecule has 2 N–H and O–H groups in total. The third-order valence-corrected chi connectivity index (χ3v) is 8.33. The topological polar surface area (TPSA) is 95.6 Å². The fourth-order valence-electron chi connectivity index (χ4n) is 4.27. The van der Waals surface area contributed by atoms with Gasteiger partial charge in [0.05, 0.1) is 4.90 Å². The largest absolute Gasteiger partial charge is 0.352 e. The minimum atomic E-state index is -3.62. The first-order valence-corrected chi connectivity index (χ1v) is 12.7. The van der Waals surface area contributed by atoms with Crippen molar-refractivity contribution in [3.63, 3.8) is 0 Å². The van der Waals surface area contributed by atoms with E-state index in [-0.39, 0.29) is 28.7 Å². The number of hydrogen-bond donors (Lipinski definition) is 2. The zero-order valence-electron chi connectivity index (χ0n) is 18.4. The number of rotatable bonds is 8. The normalized spacial score (nSPS) is 21.2. The number of amides is 2. The van der Waals surface area contributed by atoms with Gasteiger partial charge in [-0.2, -0.15) is 4.31 Å². The van der Waals surface area contributed by atoms with Crippen LogP contribution in [-0.2, 0) is 14.8 Å². The van der Waals surface area contributed by atoms with Crippen LogP contribution in [-0.4, -0.2) is 50.2 Å². The van der Waals surface area contributed by atoms with E-state index in [9.17, 15) is 18.0 Å². The predicted octanol–water partition coefficient (Wildman–Crippen LogP) is 2.68. The molecule has 1 unspecified atom stereocenters. The standard InChI is InChI=1S/C25H29N3O4S/c1-2-24(29)26-17-18-12-14-28(15-13-18)33(31,32)21-10-8-20(9-11-21)25(30)27-23-16-22(23)19-6-4-3-5-7-19/h2-11,18,22-23H,1,12-17H2,(H,26,29)(H,27,30)/t22?,23-/m1/s1. The molecule has 0 radical (unpaired) electrons. The minimum Gasteiger partial charge on any atom is -0.352 e. The monoisotopic (exact) mass is 467 g/mol. The van der Waals surface area contributed by atoms with Gasteiger partial charge in [-0.1, -0.05) is 36.9 Å². The first-order valence-electron chi connectivity index (χ1n) is 11.2. The van der Waals surface area contributed by atoms with E-state index < -0.39 is 10.0 Å². The molecule has 1 heterocycles. The molecule has 7 nitrogen and oxygen atoms in total. The Morgan fingerprint density at radius 1 is 1.03 bits per heavy atom. The Hall–Kier alpha value is -2.97. The van der Waals surface area contributed by atoms with E-state index in [1.165, 1.54) is 28.1 Å². The Balaban J connectivity index is 1.30. The van der Waals surface area contributed by atoms with Crippen molar-refractivity contribution in [3.8, 4) is 0 Å². The molecular formula is C25H29N3O4S. The van der Waals surface area contributed by atoms with Gasteiger partial charge in [-0.15, -0.1) is 0 Å². The SMILES string of the molecule is C=CC(=O)NCC1CCN(S(=O)(=O)c2ccc(C(=O)N[C@@H]3CC3c3ccccc3)cc2)CC1. The van der Waals surface area contributed by atoms with E-state index in [1.807, 2.05) is 18.2 Å². The summed E-state index contributed by atoms with van der Waals surface area (Å²) in [4.78, 5) is 24.1. The van der Waals surface area contributed by atoms with E-state index in [1.54, 1.807) is 12.1 Å². The molecule has 2 aromatic carbocycles. The lowest BCUT2D eigenvalue weighted by molar-refractivity contribution is -0.116. The van der Waals surface area contributed by atoms with Crippen molar-refractivity contribution in [1.82, 2.24) is 14.9 Å². The summed E-state index contributed by atoms with van der Waals surface area (Å²) in [5.74, 6) is 0.174. The van der Waals surface area contributed by atoms with Crippen LogP contribution in [0.4, 0.5) is 0 Å². The highest BCUT2D eigenvalue weighted by atomic mass is 32.2. The van der Waals surface area contributed by atoms with E-state index in [0.29, 0.717) is 44.0 Å². The van der Waals surface area contributed by atoms with Crippen molar-refractivity contribution in [3.05, 3.63) is 78.4 Å². The van der Waals surface area contributed by atoms with Crippen LogP contribution >= 0.6 is 0 Å². The molecule has 1 saturated carbocycles. The Morgan fingerprint density at radius 3 is 2.33 bits per heavy atom. The molecular weight excluding hydrogens is 438 g/mol. The Labute approximate surface area is 194 Å². The van der Waals surface area contributed by atoms with Gasteiger partial charge in [0, 0.05) is 37.2 Å². The van der Waals surface area contributed by atoms with Crippen LogP contribution in [0.3, 0.4) is 0 Å². The Kier molecular flexibility index (Phi) is 6.95. The quantitative estimate of drug-likeness (QED) is 0.584. The van der Waals surface area contributed by atoms with Crippen molar-refractivity contribution in [2.24, 2.45) is 5.92 Å². The number of hydrogen-bond acceptors (Lipinski definition) is 4. The summed E-state index contributed by atoms with van der Waals surface area (Å²) in [5, 5.41) is 5.81. The highest BCUT2D eigenvalue weighted by molar-refractivity contribution is 7.89. The number of sulfonamides is 1. The molecule has 1 saturated heterocycles. The first-order chi connectivity index (χ1) is 15.9. The van der Waals surface area contributed by atoms with Gasteiger partial charge in [0.15, 0.2) is 0 Å². The second kappa shape index (κ2) is 9.89. The summed E-state index contributed by atoms with van der Waals surface area (Å²) in [6, 6.07) is 16.3. The van der Waals surface area contributed by atoms with Crippen LogP contribution in [0.1, 0.15) is 41.1 Å². The second-order valence-electron chi connectivity index (χ2n) is 8.65. The zero-order valence-corrected chi connectivity index (χ0v) is 19.3. The number of nitrogens with zero attached hydrogens (tertiary/aromatic N) is 1. The Morgan fingerprint density at radius 2 is 1.70 bits per heavy atom. The van der Waals surface area contributed by atoms with Crippen molar-refractivity contribution < 1.29 is 18.0 Å². The molecule has 2 aromatic rings. The fraction of sp³-hybridized carbons (Fsp3) is 0.360. The fourth-order valence-corrected chi connectivity index (χ4v) is 5.74. The second-order valence-corrected chi connectivity index (χ2v) is 10.6. The van der Waals surface area contributed by atoms with Gasteiger partial charge in [0.2, 0.25) is 15.9 Å². The first kappa shape index (κ1) is 23.2. The molecule has 33 heavy (non-hydrogen) atoms. The maximum Gasteiger partial charge on any atom is 0.251 e. The van der Waals surface area contributed by atoms with Gasteiger partial charge < -0.3 is 10.6 Å². The average Bonchev–Trinajstić information content (AvgIpc) is 3.62. The summed E-state index contributed by atoms with van der Waals surface area (Å²) in [7, 11) is -3.62. The molecule has 0 aromatic heterocycles. The number of carbonyl (C=O) groups excluding carboxylic acids is 2. The van der Waals surface area contributed by atoms with E-state index >= 15 is 0 Å². The van der Waals surface area contributed by atoms with Crippen molar-refractivity contribution in [2.75, 3.05) is 19.6 Å². The molecule has 4 rings (SSSR count). The lowest BCUT2D eigenvalue weighted by atomic mass is 9.98. The summed E-state index contributed by atoms with van der Waals surface area (Å²) >= 11 is 0. The van der Waals surface area contributed by atoms with Gasteiger partial charge in [0.1, 0.15) is 0 Å². The van der Waals surface area contributed by atoms with Gasteiger partial charge >= 0.3 is 0 Å². The van der Waals surface area contributed by atoms with Gasteiger partial charge in [-0.3, -0.25) is 9.59 Å². The summed E-state index contributed by atoms with van der Waals surface area (Å²) in [6.07, 6.45) is 3.51. The molecule has 0 bridgehead atoms. The van der Waals surface area contributed by atoms with E-state index in [4.69, 9.17) is 0 Å². The third kappa shape index (κ3) is 5.51. The maximum absolute atomic E-state index is 13.0. The van der Waals surface area contributed by atoms with Gasteiger partial charge in [0.25, 0.3) is 5.91 Å². The maximum atomic E-state index is 13.0. The summed E-state index contributed by atoms with van der Waals surface area (Å²) in [5.41, 5.74) is 1.67. The van der Waals surface area contributed by atoms with Crippen LogP contribution in [0.2, 0.25) is 0 Å². The van der Waals surface area contributed by atoms with Gasteiger partial charge in [-0.25, -0.2) is 8.42 Å². The minimum absolute atomic E-state index is 0.112. The molecule has 2 aliphatic rings. The number of benzene rings is 2. The third-order valence-electron chi connectivity index (χ3n) is 6.41. The van der Waals surface area contributed by atoms with Crippen LogP contribution in [0.25, 0.3) is 0 Å². The summed E-state index contributed by atoms with van der Waals surface area (Å²) in [6.45, 7) is 4.76. The number of nitrogens with one attached hydrogen (secondary N) is 2. The molecule has 174 valence electrons. The lowest BCUT2D eigenvalue weighted by Gasteiger charge is -2.31. The average molecular weight is 468 g/mol. The highest BCUT2D eigenvalue weighted by Gasteiger charge is 2.39. The highest BCUT2D eigenvalue weighted by Crippen LogP contribution is 2.40. The van der Waals surface area contributed by atoms with E-state index in [2.05, 4.69) is 29.3 Å². The molecule has 1 aliphatic carbocycles. The van der Waals surface area contributed by atoms with Crippen molar-refractivity contribution >= 4 is 21.8 Å². The molecule has 0 spiro atoms. The molecule has 2 fully saturated rings. The predicted molar refractivity (Wildman–Crippen MR) is 126 cm³/mol. The molecule has 2 amide bonds. The van der Waals surface area contributed by atoms with Crippen molar-refractivity contribution in [1.29, 1.82) is 0 Å². The summed E-state index contributed by atoms with van der Waals surface area (Å²) < 4.78 is 27.5. The van der Waals surface area contributed by atoms with Crippen LogP contribution in [0.5, 0.6) is 0 Å². The number of piperidine rings is 1. The van der Waals surface area contributed by atoms with Crippen molar-refractivity contribution in [2.45, 2.75) is 36.1 Å². The smallest absolute Gasteiger partial charge is 0.251 e. The molecule has 1 aliphatic heterocycles. The van der Waals surface area contributed by atoms with E-state index in [0.717, 1.165) is 6.42 Å². The van der Waals surface area contributed by atoms with Crippen LogP contribution in [0.15, 0.2) is 72.1 Å². The van der Waals surface area contributed by atoms with Gasteiger partial charge in [-0.05, 0) is 61.1 Å². The molecule has 2 atom stereocenters. The Bertz CT molecular complexity index is 1110. The van der Waals surface area contributed by atoms with Crippen LogP contribution < -0.4 is 10.6 Å². The lowest BCUT2D eigenvalue weighted by Crippen LogP contribution is -2.41.